The molecule has 0 radical (unpaired) electrons. The fourth-order valence-corrected chi connectivity index (χ4v) is 3.44. The Morgan fingerprint density at radius 2 is 2.00 bits per heavy atom. The molecule has 2 saturated heterocycles. The quantitative estimate of drug-likeness (QED) is 0.798. The lowest BCUT2D eigenvalue weighted by molar-refractivity contribution is -0.176. The van der Waals surface area contributed by atoms with E-state index in [-0.39, 0.29) is 5.79 Å². The summed E-state index contributed by atoms with van der Waals surface area (Å²) in [6.45, 7) is 2.35. The lowest BCUT2D eigenvalue weighted by Crippen LogP contribution is -2.51. The highest BCUT2D eigenvalue weighted by Crippen LogP contribution is 2.38. The molecule has 1 aromatic rings. The minimum Gasteiger partial charge on any atom is -0.368 e. The van der Waals surface area contributed by atoms with Gasteiger partial charge in [-0.05, 0) is 25.0 Å². The first-order valence-corrected chi connectivity index (χ1v) is 7.80. The maximum atomic E-state index is 8.77. The van der Waals surface area contributed by atoms with Gasteiger partial charge in [0.15, 0.2) is 5.79 Å². The number of benzene rings is 1. The van der Waals surface area contributed by atoms with Crippen molar-refractivity contribution >= 4 is 5.69 Å². The molecule has 1 atom stereocenters. The van der Waals surface area contributed by atoms with E-state index in [1.54, 1.807) is 0 Å². The van der Waals surface area contributed by atoms with Gasteiger partial charge in [0.25, 0.3) is 0 Å². The van der Waals surface area contributed by atoms with E-state index in [1.807, 2.05) is 6.07 Å². The van der Waals surface area contributed by atoms with Crippen molar-refractivity contribution in [2.45, 2.75) is 43.9 Å². The molecular weight excluding hydrogens is 264 g/mol. The summed E-state index contributed by atoms with van der Waals surface area (Å²) in [7, 11) is 0. The Kier molecular flexibility index (Phi) is 4.42. The predicted molar refractivity (Wildman–Crippen MR) is 80.9 cm³/mol. The summed E-state index contributed by atoms with van der Waals surface area (Å²) >= 11 is 0. The number of unbranched alkanes of at least 4 members (excludes halogenated alkanes) is 1. The van der Waals surface area contributed by atoms with E-state index in [1.165, 1.54) is 5.69 Å². The SMILES string of the molecule is N#CCCCC1CC2(CCN1c1ccccc1)OCCO2. The monoisotopic (exact) mass is 286 g/mol. The number of hydrogen-bond donors (Lipinski definition) is 0. The summed E-state index contributed by atoms with van der Waals surface area (Å²) in [6.07, 6.45) is 4.37. The Morgan fingerprint density at radius 1 is 1.24 bits per heavy atom. The van der Waals surface area contributed by atoms with Crippen LogP contribution in [0.15, 0.2) is 30.3 Å². The second-order valence-corrected chi connectivity index (χ2v) is 5.79. The summed E-state index contributed by atoms with van der Waals surface area (Å²) in [5, 5.41) is 8.77. The van der Waals surface area contributed by atoms with Crippen molar-refractivity contribution in [3.8, 4) is 6.07 Å². The predicted octanol–water partition coefficient (Wildman–Crippen LogP) is 3.09. The molecule has 1 aromatic carbocycles. The minimum absolute atomic E-state index is 0.372. The van der Waals surface area contributed by atoms with Crippen molar-refractivity contribution in [2.24, 2.45) is 0 Å². The van der Waals surface area contributed by atoms with Crippen LogP contribution < -0.4 is 4.90 Å². The second kappa shape index (κ2) is 6.46. The van der Waals surface area contributed by atoms with Crippen LogP contribution in [0.1, 0.15) is 32.1 Å². The van der Waals surface area contributed by atoms with E-state index in [2.05, 4.69) is 35.2 Å². The normalized spacial score (nSPS) is 24.1. The third kappa shape index (κ3) is 3.20. The number of nitriles is 1. The molecule has 0 aliphatic carbocycles. The Bertz CT molecular complexity index is 491. The second-order valence-electron chi connectivity index (χ2n) is 5.79. The molecule has 0 bridgehead atoms. The maximum absolute atomic E-state index is 8.77. The molecule has 4 nitrogen and oxygen atoms in total. The highest BCUT2D eigenvalue weighted by molar-refractivity contribution is 5.47. The summed E-state index contributed by atoms with van der Waals surface area (Å²) in [5.41, 5.74) is 1.26. The van der Waals surface area contributed by atoms with Crippen molar-refractivity contribution in [2.75, 3.05) is 24.7 Å². The fraction of sp³-hybridized carbons (Fsp3) is 0.588. The molecule has 2 aliphatic heterocycles. The Hall–Kier alpha value is -1.57. The van der Waals surface area contributed by atoms with Crippen LogP contribution in [0.5, 0.6) is 0 Å². The van der Waals surface area contributed by atoms with Gasteiger partial charge in [-0.1, -0.05) is 18.2 Å². The molecule has 0 amide bonds. The number of nitrogens with zero attached hydrogens (tertiary/aromatic N) is 2. The molecule has 2 aliphatic rings. The van der Waals surface area contributed by atoms with E-state index in [9.17, 15) is 0 Å². The molecule has 4 heteroatoms. The van der Waals surface area contributed by atoms with Crippen LogP contribution in [0.4, 0.5) is 5.69 Å². The lowest BCUT2D eigenvalue weighted by atomic mass is 9.91. The summed E-state index contributed by atoms with van der Waals surface area (Å²) < 4.78 is 11.8. The largest absolute Gasteiger partial charge is 0.368 e. The third-order valence-corrected chi connectivity index (χ3v) is 4.45. The molecular formula is C17H22N2O2. The standard InChI is InChI=1S/C17H22N2O2/c18-10-5-4-8-16-14-17(20-12-13-21-17)9-11-19(16)15-6-2-1-3-7-15/h1-3,6-7,16H,4-5,8-9,11-14H2. The molecule has 112 valence electrons. The van der Waals surface area contributed by atoms with Gasteiger partial charge in [0, 0.05) is 37.5 Å². The molecule has 0 aromatic heterocycles. The summed E-state index contributed by atoms with van der Waals surface area (Å²) in [6, 6.07) is 13.1. The number of anilines is 1. The molecule has 21 heavy (non-hydrogen) atoms. The van der Waals surface area contributed by atoms with Gasteiger partial charge in [0.1, 0.15) is 0 Å². The first-order chi connectivity index (χ1) is 10.3. The number of rotatable bonds is 4. The minimum atomic E-state index is -0.372. The Morgan fingerprint density at radius 3 is 2.71 bits per heavy atom. The Labute approximate surface area is 126 Å². The third-order valence-electron chi connectivity index (χ3n) is 4.45. The molecule has 2 heterocycles. The zero-order valence-corrected chi connectivity index (χ0v) is 12.3. The van der Waals surface area contributed by atoms with Crippen LogP contribution in [0.3, 0.4) is 0 Å². The van der Waals surface area contributed by atoms with Crippen LogP contribution in [-0.2, 0) is 9.47 Å². The highest BCUT2D eigenvalue weighted by atomic mass is 16.7. The molecule has 0 saturated carbocycles. The van der Waals surface area contributed by atoms with Crippen molar-refractivity contribution in [3.63, 3.8) is 0 Å². The van der Waals surface area contributed by atoms with E-state index in [0.29, 0.717) is 25.7 Å². The number of hydrogen-bond acceptors (Lipinski definition) is 4. The van der Waals surface area contributed by atoms with Crippen molar-refractivity contribution in [1.82, 2.24) is 0 Å². The highest BCUT2D eigenvalue weighted by Gasteiger charge is 2.44. The maximum Gasteiger partial charge on any atom is 0.172 e. The van der Waals surface area contributed by atoms with Crippen LogP contribution in [0, 0.1) is 11.3 Å². The van der Waals surface area contributed by atoms with E-state index in [0.717, 1.165) is 32.2 Å². The van der Waals surface area contributed by atoms with Gasteiger partial charge in [-0.15, -0.1) is 0 Å². The molecule has 1 spiro atoms. The van der Waals surface area contributed by atoms with Crippen molar-refractivity contribution < 1.29 is 9.47 Å². The van der Waals surface area contributed by atoms with Crippen molar-refractivity contribution in [3.05, 3.63) is 30.3 Å². The fourth-order valence-electron chi connectivity index (χ4n) is 3.44. The molecule has 2 fully saturated rings. The van der Waals surface area contributed by atoms with Gasteiger partial charge in [0.2, 0.25) is 0 Å². The van der Waals surface area contributed by atoms with Crippen LogP contribution in [0.2, 0.25) is 0 Å². The first-order valence-electron chi connectivity index (χ1n) is 7.80. The number of para-hydroxylation sites is 1. The molecule has 3 rings (SSSR count). The average molecular weight is 286 g/mol. The summed E-state index contributed by atoms with van der Waals surface area (Å²) in [4.78, 5) is 2.45. The smallest absolute Gasteiger partial charge is 0.172 e. The molecule has 1 unspecified atom stereocenters. The van der Waals surface area contributed by atoms with Gasteiger partial charge in [0.05, 0.1) is 19.3 Å². The van der Waals surface area contributed by atoms with Gasteiger partial charge >= 0.3 is 0 Å². The summed E-state index contributed by atoms with van der Waals surface area (Å²) in [5.74, 6) is -0.372. The zero-order valence-electron chi connectivity index (χ0n) is 12.3. The van der Waals surface area contributed by atoms with E-state index in [4.69, 9.17) is 14.7 Å². The topological polar surface area (TPSA) is 45.5 Å². The van der Waals surface area contributed by atoms with Gasteiger partial charge in [-0.2, -0.15) is 5.26 Å². The first kappa shape index (κ1) is 14.4. The Balaban J connectivity index is 1.74. The van der Waals surface area contributed by atoms with Gasteiger partial charge in [-0.3, -0.25) is 0 Å². The van der Waals surface area contributed by atoms with Crippen LogP contribution >= 0.6 is 0 Å². The average Bonchev–Trinajstić information content (AvgIpc) is 2.97. The van der Waals surface area contributed by atoms with Gasteiger partial charge < -0.3 is 14.4 Å². The van der Waals surface area contributed by atoms with Gasteiger partial charge in [-0.25, -0.2) is 0 Å². The number of ether oxygens (including phenoxy) is 2. The lowest BCUT2D eigenvalue weighted by Gasteiger charge is -2.45. The van der Waals surface area contributed by atoms with E-state index < -0.39 is 0 Å². The number of piperidine rings is 1. The van der Waals surface area contributed by atoms with Crippen LogP contribution in [0.25, 0.3) is 0 Å². The molecule has 0 N–H and O–H groups in total. The zero-order chi connectivity index (χ0) is 14.5. The van der Waals surface area contributed by atoms with Crippen LogP contribution in [-0.4, -0.2) is 31.6 Å². The van der Waals surface area contributed by atoms with Crippen molar-refractivity contribution in [1.29, 1.82) is 5.26 Å². The van der Waals surface area contributed by atoms with E-state index >= 15 is 0 Å².